The quantitative estimate of drug-likeness (QED) is 0.384. The molecule has 1 amide bonds. The van der Waals surface area contributed by atoms with Crippen molar-refractivity contribution in [1.29, 1.82) is 0 Å². The summed E-state index contributed by atoms with van der Waals surface area (Å²) in [7, 11) is 0. The molecular formula is C17H17FN2O3. The first-order valence-corrected chi connectivity index (χ1v) is 7.02. The number of ether oxygens (including phenoxy) is 1. The molecule has 2 aromatic carbocycles. The van der Waals surface area contributed by atoms with E-state index in [1.165, 1.54) is 25.3 Å². The number of benzene rings is 2. The van der Waals surface area contributed by atoms with Crippen molar-refractivity contribution >= 4 is 12.1 Å². The predicted octanol–water partition coefficient (Wildman–Crippen LogP) is 2.21. The summed E-state index contributed by atoms with van der Waals surface area (Å²) < 4.78 is 19.1. The monoisotopic (exact) mass is 316 g/mol. The first-order valence-electron chi connectivity index (χ1n) is 7.02. The summed E-state index contributed by atoms with van der Waals surface area (Å²) in [6.45, 7) is 1.68. The zero-order valence-electron chi connectivity index (χ0n) is 12.6. The third-order valence-corrected chi connectivity index (χ3v) is 3.24. The molecule has 23 heavy (non-hydrogen) atoms. The number of hydrogen-bond donors (Lipinski definition) is 1. The van der Waals surface area contributed by atoms with E-state index < -0.39 is 11.9 Å². The maximum absolute atomic E-state index is 13.1. The standard InChI is InChI=1S/C17H17FN2O3/c1-12(17(19)21)20(22)10-13-5-7-16(8-6-13)23-11-14-3-2-4-15(18)9-14/h2-10,12H,11H2,1H3,(H2,19,21)/b20-10-/t12-/m0/s1. The SMILES string of the molecule is C[C@@H](C(N)=O)/[N+]([O-])=C/c1ccc(OCc2cccc(F)c2)cc1. The van der Waals surface area contributed by atoms with Gasteiger partial charge in [-0.15, -0.1) is 0 Å². The number of hydrogen-bond acceptors (Lipinski definition) is 3. The first kappa shape index (κ1) is 16.5. The van der Waals surface area contributed by atoms with E-state index in [0.29, 0.717) is 16.1 Å². The molecule has 6 heteroatoms. The zero-order chi connectivity index (χ0) is 16.8. The highest BCUT2D eigenvalue weighted by Gasteiger charge is 2.15. The summed E-state index contributed by atoms with van der Waals surface area (Å²) in [4.78, 5) is 10.9. The van der Waals surface area contributed by atoms with Gasteiger partial charge in [0.25, 0.3) is 5.91 Å². The molecule has 120 valence electrons. The Labute approximate surface area is 133 Å². The van der Waals surface area contributed by atoms with Crippen LogP contribution in [0.2, 0.25) is 0 Å². The second kappa shape index (κ2) is 7.40. The number of nitrogens with two attached hydrogens (primary N) is 1. The minimum atomic E-state index is -0.932. The summed E-state index contributed by atoms with van der Waals surface area (Å²) in [5, 5.41) is 11.7. The minimum Gasteiger partial charge on any atom is -0.623 e. The van der Waals surface area contributed by atoms with Crippen molar-refractivity contribution in [3.05, 3.63) is 70.7 Å². The van der Waals surface area contributed by atoms with E-state index in [9.17, 15) is 14.4 Å². The number of hydroxylamine groups is 1. The largest absolute Gasteiger partial charge is 0.623 e. The average Bonchev–Trinajstić information content (AvgIpc) is 2.53. The number of amides is 1. The molecule has 0 aliphatic rings. The molecule has 0 unspecified atom stereocenters. The average molecular weight is 316 g/mol. The van der Waals surface area contributed by atoms with Gasteiger partial charge in [0.15, 0.2) is 6.21 Å². The Morgan fingerprint density at radius 1 is 1.35 bits per heavy atom. The molecule has 0 heterocycles. The van der Waals surface area contributed by atoms with Crippen LogP contribution in [0.5, 0.6) is 5.75 Å². The van der Waals surface area contributed by atoms with Crippen molar-refractivity contribution in [3.63, 3.8) is 0 Å². The van der Waals surface area contributed by atoms with Crippen LogP contribution in [0.1, 0.15) is 18.1 Å². The Bertz CT molecular complexity index is 714. The summed E-state index contributed by atoms with van der Waals surface area (Å²) in [5.74, 6) is -0.409. The Morgan fingerprint density at radius 2 is 2.04 bits per heavy atom. The lowest BCUT2D eigenvalue weighted by atomic mass is 10.2. The lowest BCUT2D eigenvalue weighted by Gasteiger charge is -2.09. The fourth-order valence-corrected chi connectivity index (χ4v) is 1.83. The number of nitrogens with zero attached hydrogens (tertiary/aromatic N) is 1. The van der Waals surface area contributed by atoms with Crippen molar-refractivity contribution in [1.82, 2.24) is 0 Å². The van der Waals surface area contributed by atoms with Gasteiger partial charge in [-0.05, 0) is 42.0 Å². The minimum absolute atomic E-state index is 0.243. The Hall–Kier alpha value is -2.89. The first-order chi connectivity index (χ1) is 11.0. The van der Waals surface area contributed by atoms with Gasteiger partial charge in [0.05, 0.1) is 0 Å². The molecule has 0 spiro atoms. The normalized spacial score (nSPS) is 12.7. The molecule has 2 aromatic rings. The highest BCUT2D eigenvalue weighted by Crippen LogP contribution is 2.14. The number of carbonyl (C=O) groups is 1. The Balaban J connectivity index is 1.99. The highest BCUT2D eigenvalue weighted by molar-refractivity contribution is 5.81. The second-order valence-electron chi connectivity index (χ2n) is 5.05. The molecule has 5 nitrogen and oxygen atoms in total. The molecule has 0 aliphatic carbocycles. The summed E-state index contributed by atoms with van der Waals surface area (Å²) in [6, 6.07) is 12.0. The molecule has 0 saturated carbocycles. The van der Waals surface area contributed by atoms with E-state index in [1.54, 1.807) is 36.4 Å². The van der Waals surface area contributed by atoms with E-state index in [0.717, 1.165) is 5.56 Å². The maximum Gasteiger partial charge on any atom is 0.287 e. The molecule has 0 fully saturated rings. The van der Waals surface area contributed by atoms with Crippen molar-refractivity contribution in [2.45, 2.75) is 19.6 Å². The molecule has 0 aromatic heterocycles. The van der Waals surface area contributed by atoms with E-state index in [2.05, 4.69) is 0 Å². The van der Waals surface area contributed by atoms with Gasteiger partial charge in [-0.1, -0.05) is 12.1 Å². The summed E-state index contributed by atoms with van der Waals surface area (Å²) in [5.41, 5.74) is 6.41. The number of rotatable bonds is 6. The fourth-order valence-electron chi connectivity index (χ4n) is 1.83. The highest BCUT2D eigenvalue weighted by atomic mass is 19.1. The zero-order valence-corrected chi connectivity index (χ0v) is 12.6. The number of carbonyl (C=O) groups excluding carboxylic acids is 1. The van der Waals surface area contributed by atoms with Crippen LogP contribution >= 0.6 is 0 Å². The fraction of sp³-hybridized carbons (Fsp3) is 0.176. The van der Waals surface area contributed by atoms with Gasteiger partial charge >= 0.3 is 0 Å². The van der Waals surface area contributed by atoms with Gasteiger partial charge in [-0.2, -0.15) is 4.74 Å². The third kappa shape index (κ3) is 4.81. The molecule has 0 saturated heterocycles. The third-order valence-electron chi connectivity index (χ3n) is 3.24. The molecule has 1 atom stereocenters. The molecule has 0 radical (unpaired) electrons. The van der Waals surface area contributed by atoms with E-state index >= 15 is 0 Å². The predicted molar refractivity (Wildman–Crippen MR) is 84.6 cm³/mol. The van der Waals surface area contributed by atoms with Crippen LogP contribution in [-0.4, -0.2) is 22.9 Å². The van der Waals surface area contributed by atoms with Crippen LogP contribution in [0.25, 0.3) is 0 Å². The maximum atomic E-state index is 13.1. The van der Waals surface area contributed by atoms with Gasteiger partial charge in [-0.25, -0.2) is 4.39 Å². The topological polar surface area (TPSA) is 78.4 Å². The molecule has 0 bridgehead atoms. The van der Waals surface area contributed by atoms with Gasteiger partial charge in [0.1, 0.15) is 18.2 Å². The van der Waals surface area contributed by atoms with E-state index in [4.69, 9.17) is 10.5 Å². The van der Waals surface area contributed by atoms with Crippen LogP contribution in [0.15, 0.2) is 48.5 Å². The molecule has 2 N–H and O–H groups in total. The van der Waals surface area contributed by atoms with Gasteiger partial charge in [0.2, 0.25) is 6.04 Å². The number of primary amides is 1. The van der Waals surface area contributed by atoms with Crippen molar-refractivity contribution in [2.24, 2.45) is 5.73 Å². The molecule has 0 aliphatic heterocycles. The number of halogens is 1. The van der Waals surface area contributed by atoms with Gasteiger partial charge in [-0.3, -0.25) is 4.79 Å². The smallest absolute Gasteiger partial charge is 0.287 e. The summed E-state index contributed by atoms with van der Waals surface area (Å²) >= 11 is 0. The van der Waals surface area contributed by atoms with Crippen LogP contribution in [0.3, 0.4) is 0 Å². The van der Waals surface area contributed by atoms with E-state index in [1.807, 2.05) is 0 Å². The van der Waals surface area contributed by atoms with Gasteiger partial charge in [0, 0.05) is 12.5 Å². The lowest BCUT2D eigenvalue weighted by molar-refractivity contribution is -0.476. The van der Waals surface area contributed by atoms with Crippen LogP contribution in [-0.2, 0) is 11.4 Å². The molecule has 2 rings (SSSR count). The van der Waals surface area contributed by atoms with Crippen LogP contribution in [0.4, 0.5) is 4.39 Å². The van der Waals surface area contributed by atoms with Crippen molar-refractivity contribution < 1.29 is 18.7 Å². The van der Waals surface area contributed by atoms with Gasteiger partial charge < -0.3 is 15.7 Å². The van der Waals surface area contributed by atoms with Crippen LogP contribution < -0.4 is 10.5 Å². The van der Waals surface area contributed by atoms with Crippen molar-refractivity contribution in [2.75, 3.05) is 0 Å². The lowest BCUT2D eigenvalue weighted by Crippen LogP contribution is -2.34. The Morgan fingerprint density at radius 3 is 2.65 bits per heavy atom. The van der Waals surface area contributed by atoms with Crippen LogP contribution in [0, 0.1) is 11.0 Å². The summed E-state index contributed by atoms with van der Waals surface area (Å²) in [6.07, 6.45) is 1.28. The Kier molecular flexibility index (Phi) is 5.30. The van der Waals surface area contributed by atoms with E-state index in [-0.39, 0.29) is 12.4 Å². The van der Waals surface area contributed by atoms with Crippen molar-refractivity contribution in [3.8, 4) is 5.75 Å². The molecular weight excluding hydrogens is 299 g/mol. The second-order valence-corrected chi connectivity index (χ2v) is 5.05.